The lowest BCUT2D eigenvalue weighted by Crippen LogP contribution is -2.12. The summed E-state index contributed by atoms with van der Waals surface area (Å²) < 4.78 is 33.2. The van der Waals surface area contributed by atoms with E-state index in [1.807, 2.05) is 0 Å². The van der Waals surface area contributed by atoms with Gasteiger partial charge in [0.25, 0.3) is 10.0 Å². The number of sulfonamides is 1. The first-order chi connectivity index (χ1) is 9.33. The van der Waals surface area contributed by atoms with E-state index in [0.29, 0.717) is 16.5 Å². The van der Waals surface area contributed by atoms with Gasteiger partial charge in [0, 0.05) is 11.1 Å². The summed E-state index contributed by atoms with van der Waals surface area (Å²) in [4.78, 5) is 0. The van der Waals surface area contributed by atoms with Crippen LogP contribution in [0, 0.1) is 6.92 Å². The van der Waals surface area contributed by atoms with Gasteiger partial charge in [-0.3, -0.25) is 4.72 Å². The molecule has 1 heterocycles. The number of aryl methyl sites for hydroxylation is 1. The Morgan fingerprint density at radius 3 is 2.60 bits per heavy atom. The second-order valence-electron chi connectivity index (χ2n) is 3.97. The standard InChI is InChI=1S/C12H11BrClNO3S2/c1-7-5-9(10(18-2)6-8(7)14)15-20(16,17)12-4-3-11(13)19-12/h3-6,15H,1-2H3. The Hall–Kier alpha value is -0.760. The lowest BCUT2D eigenvalue weighted by molar-refractivity contribution is 0.417. The number of hydrogen-bond donors (Lipinski definition) is 1. The lowest BCUT2D eigenvalue weighted by Gasteiger charge is -2.12. The van der Waals surface area contributed by atoms with Gasteiger partial charge in [-0.05, 0) is 46.6 Å². The third-order valence-corrected chi connectivity index (χ3v) is 6.43. The molecule has 2 rings (SSSR count). The molecule has 4 nitrogen and oxygen atoms in total. The van der Waals surface area contributed by atoms with Crippen LogP contribution in [0.2, 0.25) is 5.02 Å². The van der Waals surface area contributed by atoms with Crippen molar-refractivity contribution in [2.75, 3.05) is 11.8 Å². The van der Waals surface area contributed by atoms with Crippen molar-refractivity contribution in [3.05, 3.63) is 38.6 Å². The number of halogens is 2. The van der Waals surface area contributed by atoms with Crippen molar-refractivity contribution in [1.29, 1.82) is 0 Å². The van der Waals surface area contributed by atoms with Crippen molar-refractivity contribution in [3.8, 4) is 5.75 Å². The molecule has 0 fully saturated rings. The maximum absolute atomic E-state index is 12.3. The van der Waals surface area contributed by atoms with Gasteiger partial charge in [0.1, 0.15) is 9.96 Å². The maximum atomic E-state index is 12.3. The monoisotopic (exact) mass is 395 g/mol. The van der Waals surface area contributed by atoms with Crippen LogP contribution in [-0.2, 0) is 10.0 Å². The Balaban J connectivity index is 2.41. The third kappa shape index (κ3) is 3.28. The average Bonchev–Trinajstić information content (AvgIpc) is 2.81. The molecule has 8 heteroatoms. The summed E-state index contributed by atoms with van der Waals surface area (Å²) in [5.74, 6) is 0.375. The quantitative estimate of drug-likeness (QED) is 0.839. The zero-order valence-electron chi connectivity index (χ0n) is 10.6. The number of nitrogens with one attached hydrogen (secondary N) is 1. The highest BCUT2D eigenvalue weighted by Gasteiger charge is 2.19. The van der Waals surface area contributed by atoms with Crippen LogP contribution in [0.4, 0.5) is 5.69 Å². The maximum Gasteiger partial charge on any atom is 0.271 e. The van der Waals surface area contributed by atoms with E-state index < -0.39 is 10.0 Å². The number of ether oxygens (including phenoxy) is 1. The molecule has 2 aromatic rings. The van der Waals surface area contributed by atoms with E-state index in [1.165, 1.54) is 13.2 Å². The molecular formula is C12H11BrClNO3S2. The first-order valence-corrected chi connectivity index (χ1v) is 8.93. The molecule has 0 bridgehead atoms. The van der Waals surface area contributed by atoms with Gasteiger partial charge in [-0.15, -0.1) is 11.3 Å². The van der Waals surface area contributed by atoms with Gasteiger partial charge in [0.2, 0.25) is 0 Å². The molecule has 0 aliphatic carbocycles. The summed E-state index contributed by atoms with van der Waals surface area (Å²) >= 11 is 10.4. The van der Waals surface area contributed by atoms with E-state index in [1.54, 1.807) is 25.1 Å². The van der Waals surface area contributed by atoms with Crippen molar-refractivity contribution >= 4 is 54.6 Å². The van der Waals surface area contributed by atoms with E-state index in [0.717, 1.165) is 20.7 Å². The van der Waals surface area contributed by atoms with Crippen molar-refractivity contribution in [2.24, 2.45) is 0 Å². The molecule has 0 unspecified atom stereocenters. The van der Waals surface area contributed by atoms with Gasteiger partial charge in [-0.1, -0.05) is 11.6 Å². The van der Waals surface area contributed by atoms with Gasteiger partial charge >= 0.3 is 0 Å². The number of methoxy groups -OCH3 is 1. The van der Waals surface area contributed by atoms with Crippen LogP contribution < -0.4 is 9.46 Å². The van der Waals surface area contributed by atoms with Gasteiger partial charge < -0.3 is 4.74 Å². The van der Waals surface area contributed by atoms with E-state index >= 15 is 0 Å². The summed E-state index contributed by atoms with van der Waals surface area (Å²) in [5.41, 5.74) is 1.12. The fourth-order valence-corrected chi connectivity index (χ4v) is 4.77. The van der Waals surface area contributed by atoms with Gasteiger partial charge in [0.05, 0.1) is 16.6 Å². The van der Waals surface area contributed by atoms with E-state index in [9.17, 15) is 8.42 Å². The van der Waals surface area contributed by atoms with Crippen molar-refractivity contribution < 1.29 is 13.2 Å². The highest BCUT2D eigenvalue weighted by Crippen LogP contribution is 2.34. The number of rotatable bonds is 4. The molecule has 20 heavy (non-hydrogen) atoms. The summed E-state index contributed by atoms with van der Waals surface area (Å²) in [7, 11) is -2.18. The van der Waals surface area contributed by atoms with Crippen LogP contribution in [0.15, 0.2) is 32.3 Å². The molecule has 0 spiro atoms. The molecular weight excluding hydrogens is 386 g/mol. The predicted octanol–water partition coefficient (Wildman–Crippen LogP) is 4.28. The molecule has 0 amide bonds. The van der Waals surface area contributed by atoms with Gasteiger partial charge in [-0.2, -0.15) is 0 Å². The van der Waals surface area contributed by atoms with Crippen molar-refractivity contribution in [1.82, 2.24) is 0 Å². The Morgan fingerprint density at radius 1 is 1.35 bits per heavy atom. The van der Waals surface area contributed by atoms with Crippen molar-refractivity contribution in [2.45, 2.75) is 11.1 Å². The lowest BCUT2D eigenvalue weighted by atomic mass is 10.2. The molecule has 0 atom stereocenters. The minimum atomic E-state index is -3.64. The predicted molar refractivity (Wildman–Crippen MR) is 85.6 cm³/mol. The Morgan fingerprint density at radius 2 is 2.05 bits per heavy atom. The molecule has 108 valence electrons. The zero-order valence-corrected chi connectivity index (χ0v) is 14.6. The van der Waals surface area contributed by atoms with Crippen LogP contribution in [0.5, 0.6) is 5.75 Å². The van der Waals surface area contributed by atoms with Crippen molar-refractivity contribution in [3.63, 3.8) is 0 Å². The zero-order chi connectivity index (χ0) is 14.9. The fraction of sp³-hybridized carbons (Fsp3) is 0.167. The topological polar surface area (TPSA) is 55.4 Å². The number of anilines is 1. The molecule has 0 saturated heterocycles. The molecule has 1 N–H and O–H groups in total. The molecule has 0 aliphatic rings. The smallest absolute Gasteiger partial charge is 0.271 e. The van der Waals surface area contributed by atoms with E-state index in [-0.39, 0.29) is 4.21 Å². The molecule has 0 saturated carbocycles. The Bertz CT molecular complexity index is 743. The minimum absolute atomic E-state index is 0.221. The summed E-state index contributed by atoms with van der Waals surface area (Å²) in [5, 5.41) is 0.517. The first kappa shape index (κ1) is 15.6. The fourth-order valence-electron chi connectivity index (χ4n) is 1.55. The highest BCUT2D eigenvalue weighted by atomic mass is 79.9. The molecule has 1 aromatic heterocycles. The minimum Gasteiger partial charge on any atom is -0.495 e. The molecule has 0 aliphatic heterocycles. The third-order valence-electron chi connectivity index (χ3n) is 2.54. The van der Waals surface area contributed by atoms with Crippen LogP contribution >= 0.6 is 38.9 Å². The van der Waals surface area contributed by atoms with Crippen LogP contribution in [0.1, 0.15) is 5.56 Å². The largest absolute Gasteiger partial charge is 0.495 e. The van der Waals surface area contributed by atoms with Gasteiger partial charge in [-0.25, -0.2) is 8.42 Å². The SMILES string of the molecule is COc1cc(Cl)c(C)cc1NS(=O)(=O)c1ccc(Br)s1. The molecule has 0 radical (unpaired) electrons. The van der Waals surface area contributed by atoms with E-state index in [2.05, 4.69) is 20.7 Å². The van der Waals surface area contributed by atoms with Gasteiger partial charge in [0.15, 0.2) is 0 Å². The second kappa shape index (κ2) is 5.93. The number of thiophene rings is 1. The first-order valence-electron chi connectivity index (χ1n) is 5.46. The van der Waals surface area contributed by atoms with Crippen LogP contribution in [0.3, 0.4) is 0 Å². The Labute approximate surface area is 134 Å². The van der Waals surface area contributed by atoms with Crippen LogP contribution in [-0.4, -0.2) is 15.5 Å². The average molecular weight is 397 g/mol. The van der Waals surface area contributed by atoms with Crippen LogP contribution in [0.25, 0.3) is 0 Å². The number of benzene rings is 1. The Kier molecular flexibility index (Phi) is 4.63. The molecule has 1 aromatic carbocycles. The van der Waals surface area contributed by atoms with E-state index in [4.69, 9.17) is 16.3 Å². The normalized spacial score (nSPS) is 11.4. The highest BCUT2D eigenvalue weighted by molar-refractivity contribution is 9.11. The summed E-state index contributed by atoms with van der Waals surface area (Å²) in [6.45, 7) is 1.79. The summed E-state index contributed by atoms with van der Waals surface area (Å²) in [6, 6.07) is 6.44. The summed E-state index contributed by atoms with van der Waals surface area (Å²) in [6.07, 6.45) is 0. The second-order valence-corrected chi connectivity index (χ2v) is 8.75. The number of hydrogen-bond acceptors (Lipinski definition) is 4.